The minimum atomic E-state index is -2.78. The zero-order chi connectivity index (χ0) is 15.0. The Morgan fingerprint density at radius 3 is 2.76 bits per heavy atom. The van der Waals surface area contributed by atoms with Crippen molar-refractivity contribution in [3.05, 3.63) is 29.6 Å². The standard InChI is InChI=1S/C13H12F3N3O2/c14-9-5-8(10-6-21-12(20)18-17-10)1-2-11(9)19-4-3-13(15,16)7-19/h1-2,5H,3-4,6-7H2,(H,18,20). The molecule has 0 bridgehead atoms. The Morgan fingerprint density at radius 2 is 2.19 bits per heavy atom. The number of hydrazone groups is 1. The average Bonchev–Trinajstić information content (AvgIpc) is 2.79. The molecule has 8 heteroatoms. The number of benzene rings is 1. The highest BCUT2D eigenvalue weighted by atomic mass is 19.3. The van der Waals surface area contributed by atoms with E-state index in [0.29, 0.717) is 11.3 Å². The second-order valence-corrected chi connectivity index (χ2v) is 4.94. The van der Waals surface area contributed by atoms with Crippen LogP contribution in [0.4, 0.5) is 23.7 Å². The Balaban J connectivity index is 1.82. The summed E-state index contributed by atoms with van der Waals surface area (Å²) in [7, 11) is 0. The molecule has 1 fully saturated rings. The van der Waals surface area contributed by atoms with E-state index in [-0.39, 0.29) is 25.3 Å². The Morgan fingerprint density at radius 1 is 1.38 bits per heavy atom. The van der Waals surface area contributed by atoms with Crippen LogP contribution in [0, 0.1) is 5.82 Å². The molecular weight excluding hydrogens is 287 g/mol. The van der Waals surface area contributed by atoms with E-state index in [0.717, 1.165) is 0 Å². The molecule has 0 saturated carbocycles. The molecule has 112 valence electrons. The van der Waals surface area contributed by atoms with Crippen molar-refractivity contribution < 1.29 is 22.7 Å². The number of carbonyl (C=O) groups is 1. The highest BCUT2D eigenvalue weighted by molar-refractivity contribution is 6.03. The van der Waals surface area contributed by atoms with Gasteiger partial charge in [-0.25, -0.2) is 23.4 Å². The summed E-state index contributed by atoms with van der Waals surface area (Å²) < 4.78 is 45.2. The number of cyclic esters (lactones) is 1. The molecule has 0 atom stereocenters. The predicted molar refractivity (Wildman–Crippen MR) is 69.2 cm³/mol. The smallest absolute Gasteiger partial charge is 0.428 e. The van der Waals surface area contributed by atoms with Crippen LogP contribution in [0.3, 0.4) is 0 Å². The number of rotatable bonds is 2. The third-order valence-corrected chi connectivity index (χ3v) is 3.41. The van der Waals surface area contributed by atoms with Crippen molar-refractivity contribution in [2.24, 2.45) is 5.10 Å². The van der Waals surface area contributed by atoms with Crippen molar-refractivity contribution in [2.45, 2.75) is 12.3 Å². The predicted octanol–water partition coefficient (Wildman–Crippen LogP) is 2.12. The molecule has 0 radical (unpaired) electrons. The summed E-state index contributed by atoms with van der Waals surface area (Å²) >= 11 is 0. The summed E-state index contributed by atoms with van der Waals surface area (Å²) in [6, 6.07) is 4.20. The zero-order valence-corrected chi connectivity index (χ0v) is 10.9. The normalized spacial score (nSPS) is 20.8. The number of ether oxygens (including phenoxy) is 1. The third kappa shape index (κ3) is 2.79. The van der Waals surface area contributed by atoms with E-state index < -0.39 is 24.4 Å². The molecule has 5 nitrogen and oxygen atoms in total. The van der Waals surface area contributed by atoms with Gasteiger partial charge in [0.05, 0.1) is 12.2 Å². The lowest BCUT2D eigenvalue weighted by atomic mass is 10.1. The first-order chi connectivity index (χ1) is 9.94. The van der Waals surface area contributed by atoms with Gasteiger partial charge in [-0.15, -0.1) is 0 Å². The van der Waals surface area contributed by atoms with Gasteiger partial charge in [-0.05, 0) is 12.1 Å². The van der Waals surface area contributed by atoms with Gasteiger partial charge in [-0.3, -0.25) is 0 Å². The first kappa shape index (κ1) is 13.7. The van der Waals surface area contributed by atoms with Crippen LogP contribution >= 0.6 is 0 Å². The Labute approximate surface area is 118 Å². The molecule has 21 heavy (non-hydrogen) atoms. The average molecular weight is 299 g/mol. The third-order valence-electron chi connectivity index (χ3n) is 3.41. The van der Waals surface area contributed by atoms with Crippen molar-refractivity contribution in [3.63, 3.8) is 0 Å². The van der Waals surface area contributed by atoms with Crippen molar-refractivity contribution in [1.29, 1.82) is 0 Å². The van der Waals surface area contributed by atoms with Crippen LogP contribution < -0.4 is 10.3 Å². The summed E-state index contributed by atoms with van der Waals surface area (Å²) in [4.78, 5) is 12.1. The van der Waals surface area contributed by atoms with Gasteiger partial charge in [0.2, 0.25) is 0 Å². The minimum Gasteiger partial charge on any atom is -0.442 e. The molecule has 1 saturated heterocycles. The van der Waals surface area contributed by atoms with Gasteiger partial charge in [0.25, 0.3) is 5.92 Å². The van der Waals surface area contributed by atoms with Gasteiger partial charge in [-0.1, -0.05) is 6.07 Å². The molecule has 1 N–H and O–H groups in total. The van der Waals surface area contributed by atoms with E-state index in [9.17, 15) is 18.0 Å². The molecule has 2 aliphatic heterocycles. The largest absolute Gasteiger partial charge is 0.442 e. The van der Waals surface area contributed by atoms with Crippen LogP contribution in [0.2, 0.25) is 0 Å². The van der Waals surface area contributed by atoms with Gasteiger partial charge >= 0.3 is 6.09 Å². The molecule has 3 rings (SSSR count). The number of alkyl halides is 2. The lowest BCUT2D eigenvalue weighted by Crippen LogP contribution is -2.31. The Bertz CT molecular complexity index is 619. The Hall–Kier alpha value is -2.25. The van der Waals surface area contributed by atoms with Gasteiger partial charge < -0.3 is 9.64 Å². The summed E-state index contributed by atoms with van der Waals surface area (Å²) in [5.41, 5.74) is 3.06. The number of carbonyl (C=O) groups excluding carboxylic acids is 1. The molecule has 0 spiro atoms. The van der Waals surface area contributed by atoms with Crippen molar-refractivity contribution in [2.75, 3.05) is 24.6 Å². The highest BCUT2D eigenvalue weighted by Gasteiger charge is 2.39. The number of anilines is 1. The molecule has 1 amide bonds. The number of hydrogen-bond acceptors (Lipinski definition) is 4. The highest BCUT2D eigenvalue weighted by Crippen LogP contribution is 2.32. The second-order valence-electron chi connectivity index (χ2n) is 4.94. The van der Waals surface area contributed by atoms with Crippen LogP contribution in [0.1, 0.15) is 12.0 Å². The fourth-order valence-electron chi connectivity index (χ4n) is 2.34. The SMILES string of the molecule is O=C1NN=C(c2ccc(N3CCC(F)(F)C3)c(F)c2)CO1. The fourth-order valence-corrected chi connectivity index (χ4v) is 2.34. The maximum absolute atomic E-state index is 14.1. The summed E-state index contributed by atoms with van der Waals surface area (Å²) in [5, 5.41) is 3.76. The van der Waals surface area contributed by atoms with E-state index in [1.165, 1.54) is 17.0 Å². The lowest BCUT2D eigenvalue weighted by molar-refractivity contribution is 0.0257. The number of hydrogen-bond donors (Lipinski definition) is 1. The lowest BCUT2D eigenvalue weighted by Gasteiger charge is -2.20. The second kappa shape index (κ2) is 4.94. The van der Waals surface area contributed by atoms with Crippen LogP contribution in [0.15, 0.2) is 23.3 Å². The van der Waals surface area contributed by atoms with Gasteiger partial charge in [0.15, 0.2) is 0 Å². The van der Waals surface area contributed by atoms with Crippen LogP contribution in [-0.4, -0.2) is 37.4 Å². The summed E-state index contributed by atoms with van der Waals surface area (Å²) in [6.45, 7) is -0.431. The van der Waals surface area contributed by atoms with Gasteiger partial charge in [0, 0.05) is 18.5 Å². The van der Waals surface area contributed by atoms with E-state index in [4.69, 9.17) is 4.74 Å². The summed E-state index contributed by atoms with van der Waals surface area (Å²) in [6.07, 6.45) is -0.948. The Kier molecular flexibility index (Phi) is 3.23. The topological polar surface area (TPSA) is 53.9 Å². The van der Waals surface area contributed by atoms with Crippen molar-refractivity contribution >= 4 is 17.5 Å². The number of halogens is 3. The minimum absolute atomic E-state index is 0.0631. The van der Waals surface area contributed by atoms with Crippen LogP contribution in [0.5, 0.6) is 0 Å². The van der Waals surface area contributed by atoms with Crippen molar-refractivity contribution in [1.82, 2.24) is 5.43 Å². The first-order valence-corrected chi connectivity index (χ1v) is 6.37. The van der Waals surface area contributed by atoms with Gasteiger partial charge in [-0.2, -0.15) is 5.10 Å². The zero-order valence-electron chi connectivity index (χ0n) is 10.9. The molecule has 0 unspecified atom stereocenters. The molecule has 1 aromatic carbocycles. The van der Waals surface area contributed by atoms with Crippen molar-refractivity contribution in [3.8, 4) is 0 Å². The van der Waals surface area contributed by atoms with E-state index in [1.807, 2.05) is 0 Å². The number of amides is 1. The van der Waals surface area contributed by atoms with E-state index >= 15 is 0 Å². The van der Waals surface area contributed by atoms with E-state index in [2.05, 4.69) is 10.5 Å². The molecule has 0 aliphatic carbocycles. The maximum Gasteiger partial charge on any atom is 0.428 e. The van der Waals surface area contributed by atoms with Crippen LogP contribution in [-0.2, 0) is 4.74 Å². The monoisotopic (exact) mass is 299 g/mol. The van der Waals surface area contributed by atoms with Gasteiger partial charge in [0.1, 0.15) is 18.1 Å². The molecule has 1 aromatic rings. The maximum atomic E-state index is 14.1. The quantitative estimate of drug-likeness (QED) is 0.910. The molecule has 2 aliphatic rings. The number of nitrogens with zero attached hydrogens (tertiary/aromatic N) is 2. The fraction of sp³-hybridized carbons (Fsp3) is 0.385. The molecule has 2 heterocycles. The van der Waals surface area contributed by atoms with Crippen LogP contribution in [0.25, 0.3) is 0 Å². The molecule has 0 aromatic heterocycles. The van der Waals surface area contributed by atoms with E-state index in [1.54, 1.807) is 6.07 Å². The number of nitrogens with one attached hydrogen (secondary N) is 1. The first-order valence-electron chi connectivity index (χ1n) is 6.37. The molecular formula is C13H12F3N3O2. The summed E-state index contributed by atoms with van der Waals surface area (Å²) in [5.74, 6) is -3.39.